The summed E-state index contributed by atoms with van der Waals surface area (Å²) in [6.45, 7) is 0.672. The minimum absolute atomic E-state index is 0.0738. The predicted octanol–water partition coefficient (Wildman–Crippen LogP) is 4.03. The zero-order valence-corrected chi connectivity index (χ0v) is 12.3. The van der Waals surface area contributed by atoms with E-state index in [-0.39, 0.29) is 12.1 Å². The molecule has 2 rings (SSSR count). The number of amides is 1. The Bertz CT molecular complexity index is 490. The summed E-state index contributed by atoms with van der Waals surface area (Å²) in [6.07, 6.45) is -2.84. The van der Waals surface area contributed by atoms with Crippen molar-refractivity contribution in [2.75, 3.05) is 19.4 Å². The van der Waals surface area contributed by atoms with Gasteiger partial charge in [-0.3, -0.25) is 0 Å². The molecule has 21 heavy (non-hydrogen) atoms. The van der Waals surface area contributed by atoms with Crippen molar-refractivity contribution in [2.45, 2.75) is 30.0 Å². The standard InChI is InChI=1S/C14H16F3NO2S/c1-20-13(19)18-8-2-3-11(18)9-21-12-6-4-10(5-7-12)14(15,16)17/h4-7,11H,2-3,8-9H2,1H3. The van der Waals surface area contributed by atoms with Gasteiger partial charge in [-0.2, -0.15) is 13.2 Å². The fourth-order valence-corrected chi connectivity index (χ4v) is 3.36. The number of benzene rings is 1. The highest BCUT2D eigenvalue weighted by molar-refractivity contribution is 7.99. The van der Waals surface area contributed by atoms with Gasteiger partial charge in [-0.25, -0.2) is 4.79 Å². The first-order valence-electron chi connectivity index (χ1n) is 6.56. The largest absolute Gasteiger partial charge is 0.453 e. The van der Waals surface area contributed by atoms with Crippen molar-refractivity contribution in [1.29, 1.82) is 0 Å². The third-order valence-electron chi connectivity index (χ3n) is 3.41. The maximum Gasteiger partial charge on any atom is 0.416 e. The van der Waals surface area contributed by atoms with Gasteiger partial charge >= 0.3 is 12.3 Å². The van der Waals surface area contributed by atoms with Crippen LogP contribution < -0.4 is 0 Å². The van der Waals surface area contributed by atoms with Gasteiger partial charge in [0.1, 0.15) is 0 Å². The Labute approximate surface area is 125 Å². The second-order valence-corrected chi connectivity index (χ2v) is 5.89. The third kappa shape index (κ3) is 4.06. The van der Waals surface area contributed by atoms with E-state index in [0.717, 1.165) is 29.9 Å². The summed E-state index contributed by atoms with van der Waals surface area (Å²) in [5, 5.41) is 0. The molecule has 1 amide bonds. The second kappa shape index (κ2) is 6.60. The van der Waals surface area contributed by atoms with Gasteiger partial charge in [-0.1, -0.05) is 0 Å². The van der Waals surface area contributed by atoms with Crippen molar-refractivity contribution >= 4 is 17.9 Å². The molecule has 7 heteroatoms. The molecule has 1 aromatic carbocycles. The number of carbonyl (C=O) groups excluding carboxylic acids is 1. The number of hydrogen-bond acceptors (Lipinski definition) is 3. The quantitative estimate of drug-likeness (QED) is 0.788. The monoisotopic (exact) mass is 319 g/mol. The number of rotatable bonds is 3. The van der Waals surface area contributed by atoms with Crippen LogP contribution in [0.25, 0.3) is 0 Å². The van der Waals surface area contributed by atoms with Crippen molar-refractivity contribution in [3.63, 3.8) is 0 Å². The highest BCUT2D eigenvalue weighted by atomic mass is 32.2. The molecule has 116 valence electrons. The van der Waals surface area contributed by atoms with Gasteiger partial charge in [0.05, 0.1) is 12.7 Å². The molecule has 0 aliphatic carbocycles. The number of thioether (sulfide) groups is 1. The Morgan fingerprint density at radius 3 is 2.62 bits per heavy atom. The Hall–Kier alpha value is -1.37. The molecule has 3 nitrogen and oxygen atoms in total. The Kier molecular flexibility index (Phi) is 5.03. The van der Waals surface area contributed by atoms with Crippen molar-refractivity contribution in [2.24, 2.45) is 0 Å². The molecule has 0 saturated carbocycles. The first kappa shape index (κ1) is 16.0. The molecule has 0 N–H and O–H groups in total. The summed E-state index contributed by atoms with van der Waals surface area (Å²) in [6, 6.07) is 5.16. The van der Waals surface area contributed by atoms with E-state index in [4.69, 9.17) is 4.74 Å². The van der Waals surface area contributed by atoms with Gasteiger partial charge < -0.3 is 9.64 Å². The van der Waals surface area contributed by atoms with E-state index < -0.39 is 11.7 Å². The fourth-order valence-electron chi connectivity index (χ4n) is 2.30. The van der Waals surface area contributed by atoms with E-state index in [2.05, 4.69) is 0 Å². The lowest BCUT2D eigenvalue weighted by Crippen LogP contribution is -2.36. The van der Waals surface area contributed by atoms with Gasteiger partial charge in [0.2, 0.25) is 0 Å². The van der Waals surface area contributed by atoms with E-state index in [1.165, 1.54) is 31.0 Å². The number of nitrogens with zero attached hydrogens (tertiary/aromatic N) is 1. The van der Waals surface area contributed by atoms with Crippen LogP contribution in [0.1, 0.15) is 18.4 Å². The maximum absolute atomic E-state index is 12.5. The lowest BCUT2D eigenvalue weighted by atomic mass is 10.2. The molecule has 0 spiro atoms. The van der Waals surface area contributed by atoms with Crippen LogP contribution >= 0.6 is 11.8 Å². The Morgan fingerprint density at radius 1 is 1.38 bits per heavy atom. The fraction of sp³-hybridized carbons (Fsp3) is 0.500. The maximum atomic E-state index is 12.5. The molecule has 1 saturated heterocycles. The molecular weight excluding hydrogens is 303 g/mol. The van der Waals surface area contributed by atoms with Gasteiger partial charge in [-0.15, -0.1) is 11.8 Å². The summed E-state index contributed by atoms with van der Waals surface area (Å²) in [4.78, 5) is 14.0. The molecule has 1 aliphatic heterocycles. The van der Waals surface area contributed by atoms with Crippen LogP contribution in [0.2, 0.25) is 0 Å². The van der Waals surface area contributed by atoms with Crippen LogP contribution in [-0.4, -0.2) is 36.4 Å². The van der Waals surface area contributed by atoms with Crippen LogP contribution in [-0.2, 0) is 10.9 Å². The lowest BCUT2D eigenvalue weighted by molar-refractivity contribution is -0.137. The van der Waals surface area contributed by atoms with Crippen molar-refractivity contribution in [3.8, 4) is 0 Å². The Balaban J connectivity index is 1.92. The molecule has 0 radical (unpaired) electrons. The Morgan fingerprint density at radius 2 is 2.05 bits per heavy atom. The lowest BCUT2D eigenvalue weighted by Gasteiger charge is -2.22. The zero-order chi connectivity index (χ0) is 15.5. The van der Waals surface area contributed by atoms with E-state index in [0.29, 0.717) is 12.3 Å². The number of halogens is 3. The first-order valence-corrected chi connectivity index (χ1v) is 7.55. The van der Waals surface area contributed by atoms with E-state index in [1.807, 2.05) is 0 Å². The molecule has 1 atom stereocenters. The number of carbonyl (C=O) groups is 1. The van der Waals surface area contributed by atoms with Crippen LogP contribution in [0.15, 0.2) is 29.2 Å². The summed E-state index contributed by atoms with van der Waals surface area (Å²) in [5.74, 6) is 0.653. The average Bonchev–Trinajstić information content (AvgIpc) is 2.92. The van der Waals surface area contributed by atoms with E-state index in [9.17, 15) is 18.0 Å². The van der Waals surface area contributed by atoms with Gasteiger partial charge in [0, 0.05) is 23.2 Å². The molecular formula is C14H16F3NO2S. The molecule has 1 aromatic rings. The molecule has 1 unspecified atom stereocenters. The molecule has 1 aliphatic rings. The van der Waals surface area contributed by atoms with Crippen LogP contribution in [0.3, 0.4) is 0 Å². The van der Waals surface area contributed by atoms with E-state index in [1.54, 1.807) is 4.90 Å². The van der Waals surface area contributed by atoms with Crippen LogP contribution in [0.5, 0.6) is 0 Å². The second-order valence-electron chi connectivity index (χ2n) is 4.79. The molecule has 0 bridgehead atoms. The third-order valence-corrected chi connectivity index (χ3v) is 4.57. The smallest absolute Gasteiger partial charge is 0.416 e. The molecule has 0 aromatic heterocycles. The molecule has 1 fully saturated rings. The first-order chi connectivity index (χ1) is 9.91. The number of ether oxygens (including phenoxy) is 1. The van der Waals surface area contributed by atoms with Gasteiger partial charge in [-0.05, 0) is 37.1 Å². The summed E-state index contributed by atoms with van der Waals surface area (Å²) in [7, 11) is 1.35. The number of methoxy groups -OCH3 is 1. The van der Waals surface area contributed by atoms with Crippen LogP contribution in [0.4, 0.5) is 18.0 Å². The summed E-state index contributed by atoms with van der Waals surface area (Å²) in [5.41, 5.74) is -0.649. The number of alkyl halides is 3. The van der Waals surface area contributed by atoms with Crippen molar-refractivity contribution < 1.29 is 22.7 Å². The summed E-state index contributed by atoms with van der Waals surface area (Å²) < 4.78 is 42.1. The SMILES string of the molecule is COC(=O)N1CCCC1CSc1ccc(C(F)(F)F)cc1. The highest BCUT2D eigenvalue weighted by Gasteiger charge is 2.31. The van der Waals surface area contributed by atoms with Crippen molar-refractivity contribution in [3.05, 3.63) is 29.8 Å². The van der Waals surface area contributed by atoms with Gasteiger partial charge in [0.25, 0.3) is 0 Å². The topological polar surface area (TPSA) is 29.5 Å². The summed E-state index contributed by atoms with van der Waals surface area (Å²) >= 11 is 1.45. The predicted molar refractivity (Wildman–Crippen MR) is 74.3 cm³/mol. The van der Waals surface area contributed by atoms with Crippen molar-refractivity contribution in [1.82, 2.24) is 4.90 Å². The van der Waals surface area contributed by atoms with Gasteiger partial charge in [0.15, 0.2) is 0 Å². The zero-order valence-electron chi connectivity index (χ0n) is 11.5. The minimum atomic E-state index is -4.31. The number of likely N-dealkylation sites (tertiary alicyclic amines) is 1. The molecule has 1 heterocycles. The minimum Gasteiger partial charge on any atom is -0.453 e. The highest BCUT2D eigenvalue weighted by Crippen LogP contribution is 2.31. The average molecular weight is 319 g/mol. The van der Waals surface area contributed by atoms with E-state index >= 15 is 0 Å². The normalized spacial score (nSPS) is 18.9. The number of hydrogen-bond donors (Lipinski definition) is 0. The van der Waals surface area contributed by atoms with Crippen LogP contribution in [0, 0.1) is 0 Å².